The minimum atomic E-state index is -0.243. The van der Waals surface area contributed by atoms with Gasteiger partial charge in [0.05, 0.1) is 6.26 Å². The molecule has 2 rings (SSSR count). The number of rotatable bonds is 7. The van der Waals surface area contributed by atoms with Crippen LogP contribution in [0.25, 0.3) is 0 Å². The van der Waals surface area contributed by atoms with Crippen molar-refractivity contribution >= 4 is 0 Å². The van der Waals surface area contributed by atoms with E-state index in [1.165, 1.54) is 5.56 Å². The highest BCUT2D eigenvalue weighted by atomic mass is 16.5. The van der Waals surface area contributed by atoms with Crippen molar-refractivity contribution in [1.82, 2.24) is 0 Å². The highest BCUT2D eigenvalue weighted by Gasteiger charge is 2.23. The average molecular weight is 273 g/mol. The standard InChI is InChI=1S/C17H23NO2/c1-3-6-13-8-10-14(11-9-13)20-17(15(18)4-2)16-7-5-12-19-16/h5,7-12,15,17H,3-4,6,18H2,1-2H3. The van der Waals surface area contributed by atoms with E-state index in [1.807, 2.05) is 31.2 Å². The molecule has 0 fully saturated rings. The Hall–Kier alpha value is -1.74. The second-order valence-electron chi connectivity index (χ2n) is 5.02. The molecule has 0 bridgehead atoms. The molecule has 0 radical (unpaired) electrons. The van der Waals surface area contributed by atoms with Gasteiger partial charge in [-0.2, -0.15) is 0 Å². The normalized spacial score (nSPS) is 13.9. The number of hydrogen-bond acceptors (Lipinski definition) is 3. The summed E-state index contributed by atoms with van der Waals surface area (Å²) in [5.74, 6) is 1.60. The molecular weight excluding hydrogens is 250 g/mol. The molecule has 1 aromatic carbocycles. The maximum Gasteiger partial charge on any atom is 0.171 e. The Bertz CT molecular complexity index is 490. The van der Waals surface area contributed by atoms with Crippen molar-refractivity contribution in [3.05, 3.63) is 54.0 Å². The number of nitrogens with two attached hydrogens (primary N) is 1. The number of furan rings is 1. The zero-order chi connectivity index (χ0) is 14.4. The van der Waals surface area contributed by atoms with Gasteiger partial charge in [-0.3, -0.25) is 0 Å². The van der Waals surface area contributed by atoms with Crippen LogP contribution in [0, 0.1) is 0 Å². The highest BCUT2D eigenvalue weighted by Crippen LogP contribution is 2.26. The van der Waals surface area contributed by atoms with E-state index in [0.29, 0.717) is 0 Å². The van der Waals surface area contributed by atoms with Gasteiger partial charge in [0.2, 0.25) is 0 Å². The van der Waals surface area contributed by atoms with Gasteiger partial charge < -0.3 is 14.9 Å². The van der Waals surface area contributed by atoms with Crippen LogP contribution in [0.15, 0.2) is 47.1 Å². The number of hydrogen-bond donors (Lipinski definition) is 1. The van der Waals surface area contributed by atoms with Crippen LogP contribution in [0.4, 0.5) is 0 Å². The maximum absolute atomic E-state index is 6.15. The quantitative estimate of drug-likeness (QED) is 0.826. The summed E-state index contributed by atoms with van der Waals surface area (Å²) in [5.41, 5.74) is 7.48. The average Bonchev–Trinajstić information content (AvgIpc) is 3.00. The van der Waals surface area contributed by atoms with Gasteiger partial charge in [0.25, 0.3) is 0 Å². The first-order valence-corrected chi connectivity index (χ1v) is 7.29. The lowest BCUT2D eigenvalue weighted by Gasteiger charge is -2.22. The third kappa shape index (κ3) is 3.64. The molecule has 3 nitrogen and oxygen atoms in total. The summed E-state index contributed by atoms with van der Waals surface area (Å²) >= 11 is 0. The molecule has 2 N–H and O–H groups in total. The first-order chi connectivity index (χ1) is 9.74. The molecule has 3 heteroatoms. The lowest BCUT2D eigenvalue weighted by molar-refractivity contribution is 0.144. The Morgan fingerprint density at radius 1 is 1.15 bits per heavy atom. The first kappa shape index (κ1) is 14.7. The van der Waals surface area contributed by atoms with E-state index < -0.39 is 0 Å². The van der Waals surface area contributed by atoms with Crippen molar-refractivity contribution in [3.8, 4) is 5.75 Å². The first-order valence-electron chi connectivity index (χ1n) is 7.29. The van der Waals surface area contributed by atoms with E-state index in [0.717, 1.165) is 30.8 Å². The van der Waals surface area contributed by atoms with Crippen LogP contribution in [0.1, 0.15) is 44.1 Å². The molecule has 0 aliphatic rings. The molecule has 0 saturated heterocycles. The van der Waals surface area contributed by atoms with Gasteiger partial charge in [-0.05, 0) is 42.7 Å². The Kier molecular flexibility index (Phi) is 5.24. The molecule has 108 valence electrons. The minimum Gasteiger partial charge on any atom is -0.481 e. The molecule has 0 spiro atoms. The van der Waals surface area contributed by atoms with E-state index in [1.54, 1.807) is 6.26 Å². The van der Waals surface area contributed by atoms with Crippen molar-refractivity contribution in [1.29, 1.82) is 0 Å². The second-order valence-corrected chi connectivity index (χ2v) is 5.02. The third-order valence-corrected chi connectivity index (χ3v) is 3.41. The molecule has 0 aliphatic carbocycles. The van der Waals surface area contributed by atoms with Crippen molar-refractivity contribution < 1.29 is 9.15 Å². The van der Waals surface area contributed by atoms with E-state index >= 15 is 0 Å². The van der Waals surface area contributed by atoms with Crippen LogP contribution in [-0.2, 0) is 6.42 Å². The smallest absolute Gasteiger partial charge is 0.171 e. The zero-order valence-electron chi connectivity index (χ0n) is 12.2. The number of benzene rings is 1. The lowest BCUT2D eigenvalue weighted by atomic mass is 10.1. The van der Waals surface area contributed by atoms with Crippen molar-refractivity contribution in [2.75, 3.05) is 0 Å². The molecule has 2 unspecified atom stereocenters. The Balaban J connectivity index is 2.11. The van der Waals surface area contributed by atoms with Gasteiger partial charge >= 0.3 is 0 Å². The molecule has 1 aromatic heterocycles. The third-order valence-electron chi connectivity index (χ3n) is 3.41. The summed E-state index contributed by atoms with van der Waals surface area (Å²) < 4.78 is 11.5. The van der Waals surface area contributed by atoms with Crippen molar-refractivity contribution in [2.45, 2.75) is 45.3 Å². The fraction of sp³-hybridized carbons (Fsp3) is 0.412. The van der Waals surface area contributed by atoms with E-state index in [9.17, 15) is 0 Å². The van der Waals surface area contributed by atoms with Crippen LogP contribution < -0.4 is 10.5 Å². The largest absolute Gasteiger partial charge is 0.481 e. The highest BCUT2D eigenvalue weighted by molar-refractivity contribution is 5.28. The maximum atomic E-state index is 6.15. The minimum absolute atomic E-state index is 0.0866. The summed E-state index contributed by atoms with van der Waals surface area (Å²) in [7, 11) is 0. The van der Waals surface area contributed by atoms with Crippen LogP contribution >= 0.6 is 0 Å². The summed E-state index contributed by atoms with van der Waals surface area (Å²) in [6.45, 7) is 4.23. The fourth-order valence-electron chi connectivity index (χ4n) is 2.19. The monoisotopic (exact) mass is 273 g/mol. The van der Waals surface area contributed by atoms with Crippen LogP contribution in [0.5, 0.6) is 5.75 Å². The summed E-state index contributed by atoms with van der Waals surface area (Å²) in [6.07, 6.45) is 4.48. The van der Waals surface area contributed by atoms with Crippen molar-refractivity contribution in [3.63, 3.8) is 0 Å². The van der Waals surface area contributed by atoms with Gasteiger partial charge in [-0.15, -0.1) is 0 Å². The molecule has 0 aliphatic heterocycles. The van der Waals surface area contributed by atoms with Crippen LogP contribution in [0.2, 0.25) is 0 Å². The SMILES string of the molecule is CCCc1ccc(OC(c2ccco2)C(N)CC)cc1. The topological polar surface area (TPSA) is 48.4 Å². The Morgan fingerprint density at radius 3 is 2.45 bits per heavy atom. The molecule has 2 aromatic rings. The number of ether oxygens (including phenoxy) is 1. The van der Waals surface area contributed by atoms with Gasteiger partial charge in [0.1, 0.15) is 11.5 Å². The van der Waals surface area contributed by atoms with Gasteiger partial charge in [0.15, 0.2) is 6.10 Å². The van der Waals surface area contributed by atoms with Gasteiger partial charge in [0, 0.05) is 6.04 Å². The molecule has 2 atom stereocenters. The molecule has 1 heterocycles. The van der Waals surface area contributed by atoms with Crippen LogP contribution in [0.3, 0.4) is 0 Å². The number of aryl methyl sites for hydroxylation is 1. The Labute approximate surface area is 120 Å². The Morgan fingerprint density at radius 2 is 1.90 bits per heavy atom. The predicted molar refractivity (Wildman–Crippen MR) is 80.8 cm³/mol. The molecule has 20 heavy (non-hydrogen) atoms. The summed E-state index contributed by atoms with van der Waals surface area (Å²) in [5, 5.41) is 0. The summed E-state index contributed by atoms with van der Waals surface area (Å²) in [4.78, 5) is 0. The zero-order valence-corrected chi connectivity index (χ0v) is 12.2. The van der Waals surface area contributed by atoms with E-state index in [2.05, 4.69) is 19.1 Å². The van der Waals surface area contributed by atoms with E-state index in [-0.39, 0.29) is 12.1 Å². The summed E-state index contributed by atoms with van der Waals surface area (Å²) in [6, 6.07) is 11.9. The molecule has 0 saturated carbocycles. The lowest BCUT2D eigenvalue weighted by Crippen LogP contribution is -2.31. The van der Waals surface area contributed by atoms with E-state index in [4.69, 9.17) is 14.9 Å². The second kappa shape index (κ2) is 7.15. The van der Waals surface area contributed by atoms with Crippen molar-refractivity contribution in [2.24, 2.45) is 5.73 Å². The molecule has 0 amide bonds. The fourth-order valence-corrected chi connectivity index (χ4v) is 2.19. The van der Waals surface area contributed by atoms with Gasteiger partial charge in [-0.25, -0.2) is 0 Å². The predicted octanol–water partition coefficient (Wildman–Crippen LogP) is 4.09. The van der Waals surface area contributed by atoms with Gasteiger partial charge in [-0.1, -0.05) is 32.4 Å². The van der Waals surface area contributed by atoms with Crippen LogP contribution in [-0.4, -0.2) is 6.04 Å². The molecular formula is C17H23NO2.